The van der Waals surface area contributed by atoms with Gasteiger partial charge in [0.15, 0.2) is 5.69 Å². The summed E-state index contributed by atoms with van der Waals surface area (Å²) in [5, 5.41) is 6.85. The number of aromatic amines is 1. The number of hydrogen-bond acceptors (Lipinski definition) is 4. The molecular weight excluding hydrogens is 232 g/mol. The Kier molecular flexibility index (Phi) is 3.86. The fourth-order valence-electron chi connectivity index (χ4n) is 2.36. The quantitative estimate of drug-likeness (QED) is 0.824. The molecule has 6 heteroatoms. The lowest BCUT2D eigenvalue weighted by Crippen LogP contribution is -2.30. The van der Waals surface area contributed by atoms with Gasteiger partial charge in [0.2, 0.25) is 0 Å². The number of amides is 1. The number of aryl methyl sites for hydroxylation is 1. The molecule has 0 radical (unpaired) electrons. The largest absolute Gasteiger partial charge is 0.395 e. The van der Waals surface area contributed by atoms with E-state index in [2.05, 4.69) is 10.2 Å². The fourth-order valence-corrected chi connectivity index (χ4v) is 2.36. The molecule has 6 nitrogen and oxygen atoms in total. The number of nitrogen functional groups attached to an aromatic ring is 1. The summed E-state index contributed by atoms with van der Waals surface area (Å²) in [7, 11) is 1.68. The topological polar surface area (TPSA) is 84.2 Å². The number of ether oxygens (including phenoxy) is 1. The van der Waals surface area contributed by atoms with Crippen LogP contribution in [-0.4, -0.2) is 47.8 Å². The lowest BCUT2D eigenvalue weighted by atomic mass is 10.1. The minimum atomic E-state index is -0.0814. The second-order valence-electron chi connectivity index (χ2n) is 4.68. The maximum Gasteiger partial charge on any atom is 0.276 e. The molecule has 2 rings (SSSR count). The van der Waals surface area contributed by atoms with E-state index >= 15 is 0 Å². The van der Waals surface area contributed by atoms with E-state index in [1.54, 1.807) is 12.0 Å². The van der Waals surface area contributed by atoms with Crippen LogP contribution in [0.15, 0.2) is 0 Å². The number of aromatic nitrogens is 2. The zero-order valence-corrected chi connectivity index (χ0v) is 10.9. The summed E-state index contributed by atoms with van der Waals surface area (Å²) in [4.78, 5) is 14.1. The molecule has 1 aliphatic rings. The molecule has 0 aliphatic carbocycles. The van der Waals surface area contributed by atoms with E-state index in [-0.39, 0.29) is 5.91 Å². The van der Waals surface area contributed by atoms with Crippen molar-refractivity contribution in [3.63, 3.8) is 0 Å². The molecule has 1 unspecified atom stereocenters. The van der Waals surface area contributed by atoms with Crippen LogP contribution in [0.25, 0.3) is 0 Å². The van der Waals surface area contributed by atoms with Crippen LogP contribution in [0.2, 0.25) is 0 Å². The smallest absolute Gasteiger partial charge is 0.276 e. The second kappa shape index (κ2) is 5.39. The Labute approximate surface area is 106 Å². The zero-order valence-electron chi connectivity index (χ0n) is 10.9. The Balaban J connectivity index is 2.05. The van der Waals surface area contributed by atoms with E-state index in [4.69, 9.17) is 10.5 Å². The molecule has 1 aromatic rings. The van der Waals surface area contributed by atoms with E-state index in [0.29, 0.717) is 23.9 Å². The van der Waals surface area contributed by atoms with Gasteiger partial charge >= 0.3 is 0 Å². The van der Waals surface area contributed by atoms with Gasteiger partial charge < -0.3 is 15.4 Å². The van der Waals surface area contributed by atoms with Crippen LogP contribution in [0.1, 0.15) is 29.5 Å². The van der Waals surface area contributed by atoms with Gasteiger partial charge in [-0.15, -0.1) is 0 Å². The number of hydrogen-bond donors (Lipinski definition) is 2. The molecule has 100 valence electrons. The normalized spacial score (nSPS) is 19.4. The van der Waals surface area contributed by atoms with E-state index in [9.17, 15) is 4.79 Å². The summed E-state index contributed by atoms with van der Waals surface area (Å²) in [5.74, 6) is 0.340. The van der Waals surface area contributed by atoms with Gasteiger partial charge in [0.25, 0.3) is 5.91 Å². The predicted octanol–water partition coefficient (Wildman–Crippen LogP) is 0.663. The SMILES string of the molecule is CCc1[nH]nc(C(=O)N2CCC(COC)C2)c1N. The fraction of sp³-hybridized carbons (Fsp3) is 0.667. The minimum absolute atomic E-state index is 0.0814. The van der Waals surface area contributed by atoms with Crippen molar-refractivity contribution in [1.29, 1.82) is 0 Å². The van der Waals surface area contributed by atoms with Crippen molar-refractivity contribution >= 4 is 11.6 Å². The Hall–Kier alpha value is -1.56. The van der Waals surface area contributed by atoms with Crippen LogP contribution in [0.3, 0.4) is 0 Å². The third-order valence-corrected chi connectivity index (χ3v) is 3.41. The van der Waals surface area contributed by atoms with Crippen LogP contribution in [0.5, 0.6) is 0 Å². The molecular formula is C12H20N4O2. The van der Waals surface area contributed by atoms with Gasteiger partial charge in [-0.25, -0.2) is 0 Å². The average molecular weight is 252 g/mol. The number of nitrogens with one attached hydrogen (secondary N) is 1. The number of nitrogens with zero attached hydrogens (tertiary/aromatic N) is 2. The molecule has 1 fully saturated rings. The Morgan fingerprint density at radius 3 is 3.06 bits per heavy atom. The van der Waals surface area contributed by atoms with Crippen LogP contribution in [0.4, 0.5) is 5.69 Å². The number of anilines is 1. The summed E-state index contributed by atoms with van der Waals surface area (Å²) in [6.45, 7) is 4.14. The number of likely N-dealkylation sites (tertiary alicyclic amines) is 1. The summed E-state index contributed by atoms with van der Waals surface area (Å²) >= 11 is 0. The molecule has 1 saturated heterocycles. The van der Waals surface area contributed by atoms with Crippen molar-refractivity contribution in [3.05, 3.63) is 11.4 Å². The van der Waals surface area contributed by atoms with E-state index in [1.807, 2.05) is 6.92 Å². The highest BCUT2D eigenvalue weighted by molar-refractivity contribution is 5.97. The molecule has 1 amide bonds. The molecule has 0 aromatic carbocycles. The molecule has 0 saturated carbocycles. The van der Waals surface area contributed by atoms with Gasteiger partial charge in [0.1, 0.15) is 0 Å². The first-order valence-corrected chi connectivity index (χ1v) is 6.28. The Bertz CT molecular complexity index is 430. The highest BCUT2D eigenvalue weighted by Gasteiger charge is 2.29. The number of carbonyl (C=O) groups excluding carboxylic acids is 1. The van der Waals surface area contributed by atoms with Gasteiger partial charge in [-0.1, -0.05) is 6.92 Å². The van der Waals surface area contributed by atoms with Gasteiger partial charge in [0.05, 0.1) is 18.0 Å². The lowest BCUT2D eigenvalue weighted by Gasteiger charge is -2.15. The monoisotopic (exact) mass is 252 g/mol. The zero-order chi connectivity index (χ0) is 13.1. The third kappa shape index (κ3) is 2.33. The Morgan fingerprint density at radius 1 is 1.67 bits per heavy atom. The molecule has 3 N–H and O–H groups in total. The number of methoxy groups -OCH3 is 1. The standard InChI is InChI=1S/C12H20N4O2/c1-3-9-10(13)11(15-14-9)12(17)16-5-4-8(6-16)7-18-2/h8H,3-7,13H2,1-2H3,(H,14,15). The molecule has 0 bridgehead atoms. The summed E-state index contributed by atoms with van der Waals surface area (Å²) in [6.07, 6.45) is 1.73. The highest BCUT2D eigenvalue weighted by Crippen LogP contribution is 2.22. The molecule has 1 atom stereocenters. The van der Waals surface area contributed by atoms with Gasteiger partial charge in [-0.3, -0.25) is 9.89 Å². The molecule has 1 aromatic heterocycles. The maximum absolute atomic E-state index is 12.3. The highest BCUT2D eigenvalue weighted by atomic mass is 16.5. The summed E-state index contributed by atoms with van der Waals surface area (Å²) in [5.41, 5.74) is 7.57. The lowest BCUT2D eigenvalue weighted by molar-refractivity contribution is 0.0770. The molecule has 2 heterocycles. The van der Waals surface area contributed by atoms with Crippen LogP contribution < -0.4 is 5.73 Å². The van der Waals surface area contributed by atoms with Gasteiger partial charge in [-0.05, 0) is 12.8 Å². The first-order chi connectivity index (χ1) is 8.67. The van der Waals surface area contributed by atoms with Crippen LogP contribution in [-0.2, 0) is 11.2 Å². The third-order valence-electron chi connectivity index (χ3n) is 3.41. The maximum atomic E-state index is 12.3. The Morgan fingerprint density at radius 2 is 2.44 bits per heavy atom. The molecule has 1 aliphatic heterocycles. The molecule has 0 spiro atoms. The number of nitrogens with two attached hydrogens (primary N) is 1. The van der Waals surface area contributed by atoms with Crippen molar-refractivity contribution < 1.29 is 9.53 Å². The van der Waals surface area contributed by atoms with E-state index in [1.165, 1.54) is 0 Å². The number of rotatable bonds is 4. The van der Waals surface area contributed by atoms with Crippen molar-refractivity contribution in [2.24, 2.45) is 5.92 Å². The van der Waals surface area contributed by atoms with Gasteiger partial charge in [-0.2, -0.15) is 5.10 Å². The van der Waals surface area contributed by atoms with Crippen LogP contribution >= 0.6 is 0 Å². The first-order valence-electron chi connectivity index (χ1n) is 6.28. The van der Waals surface area contributed by atoms with E-state index in [0.717, 1.165) is 31.6 Å². The number of carbonyl (C=O) groups is 1. The summed E-state index contributed by atoms with van der Waals surface area (Å²) in [6, 6.07) is 0. The first kappa shape index (κ1) is 12.9. The predicted molar refractivity (Wildman–Crippen MR) is 68.3 cm³/mol. The summed E-state index contributed by atoms with van der Waals surface area (Å²) < 4.78 is 5.12. The second-order valence-corrected chi connectivity index (χ2v) is 4.68. The van der Waals surface area contributed by atoms with Crippen molar-refractivity contribution in [1.82, 2.24) is 15.1 Å². The van der Waals surface area contributed by atoms with Crippen molar-refractivity contribution in [2.75, 3.05) is 32.5 Å². The van der Waals surface area contributed by atoms with E-state index < -0.39 is 0 Å². The number of H-pyrrole nitrogens is 1. The minimum Gasteiger partial charge on any atom is -0.395 e. The van der Waals surface area contributed by atoms with Crippen molar-refractivity contribution in [2.45, 2.75) is 19.8 Å². The van der Waals surface area contributed by atoms with Gasteiger partial charge in [0, 0.05) is 26.1 Å². The molecule has 18 heavy (non-hydrogen) atoms. The average Bonchev–Trinajstić information content (AvgIpc) is 2.96. The van der Waals surface area contributed by atoms with Crippen molar-refractivity contribution in [3.8, 4) is 0 Å². The van der Waals surface area contributed by atoms with Crippen LogP contribution in [0, 0.1) is 5.92 Å².